The van der Waals surface area contributed by atoms with E-state index in [0.29, 0.717) is 13.0 Å². The number of ether oxygens (including phenoxy) is 2. The lowest BCUT2D eigenvalue weighted by molar-refractivity contribution is -0.152. The van der Waals surface area contributed by atoms with Gasteiger partial charge in [-0.3, -0.25) is 14.5 Å². The molecule has 152 valence electrons. The number of alkyl carbamates (subject to hydrolysis) is 1. The fourth-order valence-electron chi connectivity index (χ4n) is 2.51. The van der Waals surface area contributed by atoms with Gasteiger partial charge in [0, 0.05) is 19.4 Å². The predicted octanol–water partition coefficient (Wildman–Crippen LogP) is 2.16. The van der Waals surface area contributed by atoms with E-state index in [1.165, 1.54) is 0 Å². The summed E-state index contributed by atoms with van der Waals surface area (Å²) >= 11 is 0. The number of imide groups is 1. The molecule has 1 saturated heterocycles. The summed E-state index contributed by atoms with van der Waals surface area (Å²) in [6.07, 6.45) is -0.478. The van der Waals surface area contributed by atoms with Crippen molar-refractivity contribution in [2.75, 3.05) is 6.54 Å². The summed E-state index contributed by atoms with van der Waals surface area (Å²) in [5.41, 5.74) is 0.0664. The van der Waals surface area contributed by atoms with Gasteiger partial charge in [-0.25, -0.2) is 9.59 Å². The second-order valence-corrected chi connectivity index (χ2v) is 7.52. The van der Waals surface area contributed by atoms with Crippen LogP contribution < -0.4 is 5.32 Å². The highest BCUT2D eigenvalue weighted by Crippen LogP contribution is 2.14. The highest BCUT2D eigenvalue weighted by atomic mass is 16.6. The zero-order valence-electron chi connectivity index (χ0n) is 16.4. The minimum atomic E-state index is -1.06. The average molecular weight is 390 g/mol. The molecular formula is C20H26N2O6. The highest BCUT2D eigenvalue weighted by molar-refractivity contribution is 5.99. The summed E-state index contributed by atoms with van der Waals surface area (Å²) in [6, 6.07) is 8.05. The lowest BCUT2D eigenvalue weighted by atomic mass is 10.1. The van der Waals surface area contributed by atoms with E-state index in [2.05, 4.69) is 5.32 Å². The Kier molecular flexibility index (Phi) is 7.14. The molecule has 0 saturated carbocycles. The molecule has 1 unspecified atom stereocenters. The smallest absolute Gasteiger partial charge is 0.408 e. The van der Waals surface area contributed by atoms with Crippen molar-refractivity contribution in [1.82, 2.24) is 10.2 Å². The summed E-state index contributed by atoms with van der Waals surface area (Å²) in [4.78, 5) is 49.1. The van der Waals surface area contributed by atoms with Crippen LogP contribution in [0.15, 0.2) is 30.3 Å². The van der Waals surface area contributed by atoms with Gasteiger partial charge in [0.1, 0.15) is 18.2 Å². The molecule has 0 radical (unpaired) electrons. The topological polar surface area (TPSA) is 102 Å². The molecule has 0 aromatic heterocycles. The normalized spacial score (nSPS) is 14.7. The van der Waals surface area contributed by atoms with Crippen molar-refractivity contribution in [3.63, 3.8) is 0 Å². The Hall–Kier alpha value is -2.90. The quantitative estimate of drug-likeness (QED) is 0.565. The maximum Gasteiger partial charge on any atom is 0.408 e. The Morgan fingerprint density at radius 2 is 1.86 bits per heavy atom. The minimum absolute atomic E-state index is 0.00940. The fourth-order valence-corrected chi connectivity index (χ4v) is 2.51. The molecule has 1 atom stereocenters. The first-order valence-electron chi connectivity index (χ1n) is 9.19. The van der Waals surface area contributed by atoms with Crippen LogP contribution in [0.1, 0.15) is 45.6 Å². The average Bonchev–Trinajstić information content (AvgIpc) is 2.61. The molecule has 8 heteroatoms. The van der Waals surface area contributed by atoms with Gasteiger partial charge in [0.2, 0.25) is 11.8 Å². The molecule has 8 nitrogen and oxygen atoms in total. The van der Waals surface area contributed by atoms with E-state index in [1.54, 1.807) is 20.8 Å². The molecule has 0 aliphatic carbocycles. The van der Waals surface area contributed by atoms with Gasteiger partial charge in [-0.05, 0) is 32.8 Å². The molecule has 3 amide bonds. The van der Waals surface area contributed by atoms with Crippen LogP contribution in [0.25, 0.3) is 0 Å². The van der Waals surface area contributed by atoms with Crippen molar-refractivity contribution in [3.8, 4) is 0 Å². The SMILES string of the molecule is CC(C)(C)OC(=O)NC(CCC(=O)N1CCC1=O)C(=O)OCc1ccccc1. The molecule has 1 aliphatic heterocycles. The second kappa shape index (κ2) is 9.34. The van der Waals surface area contributed by atoms with Gasteiger partial charge in [0.05, 0.1) is 0 Å². The van der Waals surface area contributed by atoms with E-state index in [4.69, 9.17) is 9.47 Å². The highest BCUT2D eigenvalue weighted by Gasteiger charge is 2.32. The first-order chi connectivity index (χ1) is 13.2. The molecular weight excluding hydrogens is 364 g/mol. The number of likely N-dealkylation sites (tertiary alicyclic amines) is 1. The van der Waals surface area contributed by atoms with Crippen molar-refractivity contribution < 1.29 is 28.7 Å². The van der Waals surface area contributed by atoms with Gasteiger partial charge in [-0.15, -0.1) is 0 Å². The Bertz CT molecular complexity index is 726. The fraction of sp³-hybridized carbons (Fsp3) is 0.500. The first-order valence-corrected chi connectivity index (χ1v) is 9.19. The third kappa shape index (κ3) is 6.68. The van der Waals surface area contributed by atoms with E-state index < -0.39 is 23.7 Å². The van der Waals surface area contributed by atoms with Crippen LogP contribution in [0, 0.1) is 0 Å². The number of rotatable bonds is 7. The van der Waals surface area contributed by atoms with Gasteiger partial charge in [0.15, 0.2) is 0 Å². The van der Waals surface area contributed by atoms with Crippen molar-refractivity contribution in [2.24, 2.45) is 0 Å². The standard InChI is InChI=1S/C20H26N2O6/c1-20(2,3)28-19(26)21-15(9-10-16(23)22-12-11-17(22)24)18(25)27-13-14-7-5-4-6-8-14/h4-8,15H,9-13H2,1-3H3,(H,21,26). The predicted molar refractivity (Wildman–Crippen MR) is 100.0 cm³/mol. The number of carbonyl (C=O) groups excluding carboxylic acids is 4. The van der Waals surface area contributed by atoms with Crippen molar-refractivity contribution in [3.05, 3.63) is 35.9 Å². The summed E-state index contributed by atoms with van der Waals surface area (Å²) in [5.74, 6) is -1.27. The summed E-state index contributed by atoms with van der Waals surface area (Å²) in [5, 5.41) is 2.46. The number of amides is 3. The van der Waals surface area contributed by atoms with Crippen molar-refractivity contribution >= 4 is 23.9 Å². The van der Waals surface area contributed by atoms with Crippen molar-refractivity contribution in [1.29, 1.82) is 0 Å². The third-order valence-electron chi connectivity index (χ3n) is 4.00. The largest absolute Gasteiger partial charge is 0.459 e. The van der Waals surface area contributed by atoms with E-state index in [0.717, 1.165) is 10.5 Å². The Labute approximate surface area is 164 Å². The maximum absolute atomic E-state index is 12.5. The molecule has 0 bridgehead atoms. The zero-order chi connectivity index (χ0) is 20.7. The lowest BCUT2D eigenvalue weighted by Crippen LogP contribution is -2.49. The van der Waals surface area contributed by atoms with Gasteiger partial charge >= 0.3 is 12.1 Å². The second-order valence-electron chi connectivity index (χ2n) is 7.52. The lowest BCUT2D eigenvalue weighted by Gasteiger charge is -2.29. The van der Waals surface area contributed by atoms with Crippen LogP contribution in [0.2, 0.25) is 0 Å². The summed E-state index contributed by atoms with van der Waals surface area (Å²) in [6.45, 7) is 5.54. The van der Waals surface area contributed by atoms with Gasteiger partial charge < -0.3 is 14.8 Å². The number of benzene rings is 1. The number of nitrogens with one attached hydrogen (secondary N) is 1. The molecule has 1 aliphatic rings. The number of esters is 1. The molecule has 0 spiro atoms. The van der Waals surface area contributed by atoms with E-state index in [1.807, 2.05) is 30.3 Å². The van der Waals surface area contributed by atoms with E-state index in [9.17, 15) is 19.2 Å². The van der Waals surface area contributed by atoms with Crippen LogP contribution >= 0.6 is 0 Å². The molecule has 1 fully saturated rings. The Balaban J connectivity index is 1.95. The molecule has 1 N–H and O–H groups in total. The molecule has 28 heavy (non-hydrogen) atoms. The number of nitrogens with zero attached hydrogens (tertiary/aromatic N) is 1. The molecule has 2 rings (SSSR count). The first kappa shape index (κ1) is 21.4. The van der Waals surface area contributed by atoms with Crippen LogP contribution in [-0.2, 0) is 30.5 Å². The third-order valence-corrected chi connectivity index (χ3v) is 4.00. The molecule has 1 aromatic carbocycles. The Morgan fingerprint density at radius 3 is 2.39 bits per heavy atom. The monoisotopic (exact) mass is 390 g/mol. The van der Waals surface area contributed by atoms with E-state index in [-0.39, 0.29) is 31.3 Å². The minimum Gasteiger partial charge on any atom is -0.459 e. The number of carbonyl (C=O) groups is 4. The van der Waals surface area contributed by atoms with Gasteiger partial charge in [0.25, 0.3) is 0 Å². The van der Waals surface area contributed by atoms with Gasteiger partial charge in [-0.1, -0.05) is 30.3 Å². The van der Waals surface area contributed by atoms with Crippen LogP contribution in [0.3, 0.4) is 0 Å². The van der Waals surface area contributed by atoms with Crippen LogP contribution in [0.5, 0.6) is 0 Å². The van der Waals surface area contributed by atoms with E-state index >= 15 is 0 Å². The van der Waals surface area contributed by atoms with Crippen molar-refractivity contribution in [2.45, 2.75) is 58.3 Å². The number of hydrogen-bond acceptors (Lipinski definition) is 6. The number of β-lactam (4-membered cyclic amide) rings is 1. The van der Waals surface area contributed by atoms with Crippen LogP contribution in [-0.4, -0.2) is 47.0 Å². The molecule has 1 aromatic rings. The Morgan fingerprint density at radius 1 is 1.18 bits per heavy atom. The number of hydrogen-bond donors (Lipinski definition) is 1. The van der Waals surface area contributed by atoms with Gasteiger partial charge in [-0.2, -0.15) is 0 Å². The summed E-state index contributed by atoms with van der Waals surface area (Å²) < 4.78 is 10.5. The van der Waals surface area contributed by atoms with Crippen LogP contribution in [0.4, 0.5) is 4.79 Å². The zero-order valence-corrected chi connectivity index (χ0v) is 16.4. The summed E-state index contributed by atoms with van der Waals surface area (Å²) in [7, 11) is 0. The molecule has 1 heterocycles. The maximum atomic E-state index is 12.5.